The molecule has 22 heavy (non-hydrogen) atoms. The minimum absolute atomic E-state index is 0.00803. The van der Waals surface area contributed by atoms with Crippen LogP contribution in [0.5, 0.6) is 0 Å². The molecular weight excluding hydrogens is 302 g/mol. The van der Waals surface area contributed by atoms with Crippen molar-refractivity contribution >= 4 is 23.0 Å². The van der Waals surface area contributed by atoms with Crippen LogP contribution in [0.3, 0.4) is 0 Å². The van der Waals surface area contributed by atoms with Gasteiger partial charge in [-0.25, -0.2) is 4.79 Å². The number of aliphatic hydroxyl groups excluding tert-OH is 1. The molecule has 0 spiro atoms. The smallest absolute Gasteiger partial charge is 0.336 e. The summed E-state index contributed by atoms with van der Waals surface area (Å²) in [5, 5.41) is 41.8. The Bertz CT molecular complexity index is 554. The van der Waals surface area contributed by atoms with Gasteiger partial charge in [0.2, 0.25) is 0 Å². The van der Waals surface area contributed by atoms with Gasteiger partial charge in [0, 0.05) is 18.7 Å². The second kappa shape index (κ2) is 7.85. The van der Waals surface area contributed by atoms with Gasteiger partial charge in [-0.2, -0.15) is 0 Å². The summed E-state index contributed by atoms with van der Waals surface area (Å²) in [6.07, 6.45) is 0. The summed E-state index contributed by atoms with van der Waals surface area (Å²) in [4.78, 5) is 31.1. The fraction of sp³-hybridized carbons (Fsp3) is 0.364. The number of benzene rings is 1. The summed E-state index contributed by atoms with van der Waals surface area (Å²) in [7, 11) is 0. The third-order valence-corrected chi connectivity index (χ3v) is 2.52. The number of aromatic carboxylic acids is 1. The number of ether oxygens (including phenoxy) is 1. The average molecular weight is 315 g/mol. The Balaban J connectivity index is 3.13. The maximum absolute atomic E-state index is 11.0. The van der Waals surface area contributed by atoms with E-state index in [1.165, 1.54) is 0 Å². The lowest BCUT2D eigenvalue weighted by atomic mass is 10.1. The lowest BCUT2D eigenvalue weighted by Gasteiger charge is -2.09. The molecule has 0 amide bonds. The number of carboxylic acids is 1. The first-order valence-electron chi connectivity index (χ1n) is 6.01. The number of carboxylic acid groups (broad SMARTS) is 1. The van der Waals surface area contributed by atoms with Crippen LogP contribution in [0.2, 0.25) is 0 Å². The molecule has 120 valence electrons. The van der Waals surface area contributed by atoms with Gasteiger partial charge in [-0.3, -0.25) is 20.2 Å². The van der Waals surface area contributed by atoms with Crippen molar-refractivity contribution in [3.63, 3.8) is 0 Å². The summed E-state index contributed by atoms with van der Waals surface area (Å²) in [5.41, 5.74) is -2.38. The third-order valence-electron chi connectivity index (χ3n) is 2.52. The van der Waals surface area contributed by atoms with Gasteiger partial charge < -0.3 is 20.3 Å². The molecule has 0 saturated heterocycles. The summed E-state index contributed by atoms with van der Waals surface area (Å²) in [6, 6.07) is 1.48. The molecule has 0 unspecified atom stereocenters. The maximum Gasteiger partial charge on any atom is 0.336 e. The molecule has 0 aliphatic carbocycles. The normalized spacial score (nSPS) is 10.2. The van der Waals surface area contributed by atoms with Gasteiger partial charge in [-0.15, -0.1) is 0 Å². The summed E-state index contributed by atoms with van der Waals surface area (Å²) in [6.45, 7) is -0.0823. The highest BCUT2D eigenvalue weighted by molar-refractivity contribution is 5.92. The molecule has 0 heterocycles. The first-order chi connectivity index (χ1) is 10.4. The fourth-order valence-corrected chi connectivity index (χ4v) is 1.62. The SMILES string of the molecule is O=C(O)c1cc([N+](=O)[O-])c(NCCOCCO)c([N+](=O)[O-])c1. The van der Waals surface area contributed by atoms with Gasteiger partial charge in [0.05, 0.1) is 35.2 Å². The van der Waals surface area contributed by atoms with Crippen LogP contribution in [0.15, 0.2) is 12.1 Å². The van der Waals surface area contributed by atoms with Crippen molar-refractivity contribution in [1.29, 1.82) is 0 Å². The number of hydrogen-bond acceptors (Lipinski definition) is 8. The molecule has 1 aromatic rings. The Morgan fingerprint density at radius 1 is 1.18 bits per heavy atom. The van der Waals surface area contributed by atoms with Crippen LogP contribution in [-0.2, 0) is 4.74 Å². The molecule has 0 saturated carbocycles. The van der Waals surface area contributed by atoms with Crippen molar-refractivity contribution in [3.05, 3.63) is 37.9 Å². The molecule has 0 radical (unpaired) electrons. The summed E-state index contributed by atoms with van der Waals surface area (Å²) in [5.74, 6) is -1.51. The average Bonchev–Trinajstić information content (AvgIpc) is 2.45. The van der Waals surface area contributed by atoms with Crippen molar-refractivity contribution in [3.8, 4) is 0 Å². The van der Waals surface area contributed by atoms with Gasteiger partial charge >= 0.3 is 5.97 Å². The summed E-state index contributed by atoms with van der Waals surface area (Å²) < 4.78 is 4.92. The van der Waals surface area contributed by atoms with E-state index in [1.807, 2.05) is 0 Å². The Labute approximate surface area is 123 Å². The third kappa shape index (κ3) is 4.36. The molecule has 1 aromatic carbocycles. The van der Waals surface area contributed by atoms with Crippen LogP contribution in [0.1, 0.15) is 10.4 Å². The number of nitro benzene ring substituents is 2. The maximum atomic E-state index is 11.0. The number of rotatable bonds is 9. The first-order valence-corrected chi connectivity index (χ1v) is 6.01. The lowest BCUT2D eigenvalue weighted by molar-refractivity contribution is -0.392. The van der Waals surface area contributed by atoms with Gasteiger partial charge in [-0.05, 0) is 0 Å². The van der Waals surface area contributed by atoms with Gasteiger partial charge in [0.25, 0.3) is 11.4 Å². The van der Waals surface area contributed by atoms with Crippen molar-refractivity contribution in [1.82, 2.24) is 0 Å². The zero-order valence-electron chi connectivity index (χ0n) is 11.2. The quantitative estimate of drug-likeness (QED) is 0.336. The number of hydrogen-bond donors (Lipinski definition) is 3. The molecule has 0 atom stereocenters. The van der Waals surface area contributed by atoms with E-state index >= 15 is 0 Å². The van der Waals surface area contributed by atoms with Crippen LogP contribution in [0.4, 0.5) is 17.1 Å². The van der Waals surface area contributed by atoms with Crippen molar-refractivity contribution in [2.45, 2.75) is 0 Å². The second-order valence-corrected chi connectivity index (χ2v) is 3.97. The number of nitrogens with zero attached hydrogens (tertiary/aromatic N) is 2. The Hall–Kier alpha value is -2.79. The van der Waals surface area contributed by atoms with Gasteiger partial charge in [0.15, 0.2) is 5.69 Å². The minimum atomic E-state index is -1.51. The minimum Gasteiger partial charge on any atom is -0.478 e. The monoisotopic (exact) mass is 315 g/mol. The molecule has 3 N–H and O–H groups in total. The van der Waals surface area contributed by atoms with E-state index in [0.717, 1.165) is 12.1 Å². The van der Waals surface area contributed by atoms with Gasteiger partial charge in [0.1, 0.15) is 0 Å². The predicted molar refractivity (Wildman–Crippen MR) is 73.1 cm³/mol. The van der Waals surface area contributed by atoms with E-state index in [2.05, 4.69) is 5.32 Å². The van der Waals surface area contributed by atoms with E-state index in [0.29, 0.717) is 0 Å². The van der Waals surface area contributed by atoms with E-state index in [-0.39, 0.29) is 26.4 Å². The molecule has 11 nitrogen and oxygen atoms in total. The van der Waals surface area contributed by atoms with Crippen LogP contribution in [0, 0.1) is 20.2 Å². The van der Waals surface area contributed by atoms with E-state index in [9.17, 15) is 25.0 Å². The second-order valence-electron chi connectivity index (χ2n) is 3.97. The number of anilines is 1. The Morgan fingerprint density at radius 2 is 1.73 bits per heavy atom. The highest BCUT2D eigenvalue weighted by Gasteiger charge is 2.28. The molecule has 0 aliphatic heterocycles. The zero-order chi connectivity index (χ0) is 16.7. The highest BCUT2D eigenvalue weighted by atomic mass is 16.6. The molecular formula is C11H13N3O8. The topological polar surface area (TPSA) is 165 Å². The van der Waals surface area contributed by atoms with Crippen molar-refractivity contribution < 1.29 is 29.6 Å². The zero-order valence-corrected chi connectivity index (χ0v) is 11.2. The molecule has 1 rings (SSSR count). The van der Waals surface area contributed by atoms with E-state index in [1.54, 1.807) is 0 Å². The standard InChI is InChI=1S/C11H13N3O8/c15-2-4-22-3-1-12-10-8(13(18)19)5-7(11(16)17)6-9(10)14(20)21/h5-6,12,15H,1-4H2,(H,16,17). The number of carbonyl (C=O) groups is 1. The molecule has 0 aromatic heterocycles. The van der Waals surface area contributed by atoms with Crippen LogP contribution < -0.4 is 5.32 Å². The van der Waals surface area contributed by atoms with Crippen molar-refractivity contribution in [2.75, 3.05) is 31.7 Å². The molecule has 0 aliphatic rings. The van der Waals surface area contributed by atoms with Crippen LogP contribution in [-0.4, -0.2) is 52.4 Å². The number of aliphatic hydroxyl groups is 1. The first kappa shape index (κ1) is 17.3. The molecule has 0 fully saturated rings. The molecule has 11 heteroatoms. The largest absolute Gasteiger partial charge is 0.478 e. The Kier molecular flexibility index (Phi) is 6.16. The van der Waals surface area contributed by atoms with E-state index < -0.39 is 38.4 Å². The van der Waals surface area contributed by atoms with Crippen LogP contribution in [0.25, 0.3) is 0 Å². The van der Waals surface area contributed by atoms with Gasteiger partial charge in [-0.1, -0.05) is 0 Å². The Morgan fingerprint density at radius 3 is 2.14 bits per heavy atom. The number of nitrogens with one attached hydrogen (secondary N) is 1. The lowest BCUT2D eigenvalue weighted by Crippen LogP contribution is -2.14. The highest BCUT2D eigenvalue weighted by Crippen LogP contribution is 2.35. The van der Waals surface area contributed by atoms with Crippen LogP contribution >= 0.6 is 0 Å². The summed E-state index contributed by atoms with van der Waals surface area (Å²) >= 11 is 0. The van der Waals surface area contributed by atoms with E-state index in [4.69, 9.17) is 14.9 Å². The fourth-order valence-electron chi connectivity index (χ4n) is 1.62. The van der Waals surface area contributed by atoms with Crippen molar-refractivity contribution in [2.24, 2.45) is 0 Å². The molecule has 0 bridgehead atoms. The number of nitro groups is 2. The predicted octanol–water partition coefficient (Wildman–Crippen LogP) is 0.622.